The summed E-state index contributed by atoms with van der Waals surface area (Å²) >= 11 is 0. The maximum Gasteiger partial charge on any atom is 0.130 e. The molecule has 112 valence electrons. The van der Waals surface area contributed by atoms with Crippen LogP contribution in [0.1, 0.15) is 36.1 Å². The average molecular weight is 289 g/mol. The second-order valence-corrected chi connectivity index (χ2v) is 5.32. The lowest BCUT2D eigenvalue weighted by Crippen LogP contribution is -2.25. The number of hydrogen-bond donors (Lipinski definition) is 1. The molecule has 1 atom stereocenters. The van der Waals surface area contributed by atoms with Crippen LogP contribution in [-0.2, 0) is 6.42 Å². The first-order chi connectivity index (χ1) is 10.1. The van der Waals surface area contributed by atoms with Crippen LogP contribution in [0.2, 0.25) is 0 Å². The Hall–Kier alpha value is -1.74. The van der Waals surface area contributed by atoms with Gasteiger partial charge in [0, 0.05) is 11.6 Å². The molecule has 0 amide bonds. The van der Waals surface area contributed by atoms with Gasteiger partial charge >= 0.3 is 0 Å². The van der Waals surface area contributed by atoms with Gasteiger partial charge in [0.15, 0.2) is 0 Å². The van der Waals surface area contributed by atoms with Crippen LogP contribution in [0, 0.1) is 18.6 Å². The van der Waals surface area contributed by atoms with Crippen LogP contribution in [0.15, 0.2) is 42.5 Å². The number of hydrogen-bond acceptors (Lipinski definition) is 1. The standard InChI is InChI=1S/C18H21F2N/c1-3-10-21-17(12-14-7-5-8-15(19)11-14)16-9-4-6-13(2)18(16)20/h4-9,11,17,21H,3,10,12H2,1-2H3. The SMILES string of the molecule is CCCNC(Cc1cccc(F)c1)c1cccc(C)c1F. The minimum atomic E-state index is -0.258. The molecule has 1 unspecified atom stereocenters. The van der Waals surface area contributed by atoms with Crippen LogP contribution >= 0.6 is 0 Å². The number of rotatable bonds is 6. The Morgan fingerprint density at radius 1 is 1.10 bits per heavy atom. The molecule has 1 N–H and O–H groups in total. The third-order valence-corrected chi connectivity index (χ3v) is 3.57. The second kappa shape index (κ2) is 7.32. The molecule has 0 aliphatic rings. The monoisotopic (exact) mass is 289 g/mol. The Kier molecular flexibility index (Phi) is 5.45. The minimum absolute atomic E-state index is 0.147. The first kappa shape index (κ1) is 15.6. The summed E-state index contributed by atoms with van der Waals surface area (Å²) in [5.74, 6) is -0.436. The Balaban J connectivity index is 2.27. The molecule has 2 rings (SSSR count). The first-order valence-electron chi connectivity index (χ1n) is 7.34. The lowest BCUT2D eigenvalue weighted by molar-refractivity contribution is 0.493. The Morgan fingerprint density at radius 3 is 2.57 bits per heavy atom. The number of halogens is 2. The van der Waals surface area contributed by atoms with Gasteiger partial charge < -0.3 is 5.32 Å². The Morgan fingerprint density at radius 2 is 1.86 bits per heavy atom. The first-order valence-corrected chi connectivity index (χ1v) is 7.34. The summed E-state index contributed by atoms with van der Waals surface area (Å²) in [6, 6.07) is 11.8. The molecule has 21 heavy (non-hydrogen) atoms. The molecular formula is C18H21F2N. The molecule has 0 radical (unpaired) electrons. The van der Waals surface area contributed by atoms with Crippen LogP contribution in [0.4, 0.5) is 8.78 Å². The topological polar surface area (TPSA) is 12.0 Å². The maximum atomic E-state index is 14.3. The van der Waals surface area contributed by atoms with Gasteiger partial charge in [0.25, 0.3) is 0 Å². The lowest BCUT2D eigenvalue weighted by Gasteiger charge is -2.20. The average Bonchev–Trinajstić information content (AvgIpc) is 2.47. The normalized spacial score (nSPS) is 12.4. The van der Waals surface area contributed by atoms with E-state index in [9.17, 15) is 8.78 Å². The second-order valence-electron chi connectivity index (χ2n) is 5.32. The van der Waals surface area contributed by atoms with Crippen molar-refractivity contribution in [2.75, 3.05) is 6.54 Å². The van der Waals surface area contributed by atoms with Crippen molar-refractivity contribution in [2.24, 2.45) is 0 Å². The molecule has 0 aliphatic heterocycles. The van der Waals surface area contributed by atoms with Gasteiger partial charge in [-0.3, -0.25) is 0 Å². The maximum absolute atomic E-state index is 14.3. The van der Waals surface area contributed by atoms with Crippen molar-refractivity contribution in [3.8, 4) is 0 Å². The molecule has 1 nitrogen and oxygen atoms in total. The van der Waals surface area contributed by atoms with Crippen molar-refractivity contribution in [1.29, 1.82) is 0 Å². The summed E-state index contributed by atoms with van der Waals surface area (Å²) in [5.41, 5.74) is 2.15. The van der Waals surface area contributed by atoms with E-state index in [2.05, 4.69) is 12.2 Å². The summed E-state index contributed by atoms with van der Waals surface area (Å²) in [6.45, 7) is 4.63. The quantitative estimate of drug-likeness (QED) is 0.822. The number of benzene rings is 2. The summed E-state index contributed by atoms with van der Waals surface area (Å²) in [7, 11) is 0. The fraction of sp³-hybridized carbons (Fsp3) is 0.333. The molecule has 2 aromatic rings. The van der Waals surface area contributed by atoms with Crippen molar-refractivity contribution < 1.29 is 8.78 Å². The third-order valence-electron chi connectivity index (χ3n) is 3.57. The van der Waals surface area contributed by atoms with Crippen LogP contribution in [-0.4, -0.2) is 6.54 Å². The highest BCUT2D eigenvalue weighted by Crippen LogP contribution is 2.23. The van der Waals surface area contributed by atoms with Crippen molar-refractivity contribution in [2.45, 2.75) is 32.7 Å². The molecule has 0 spiro atoms. The van der Waals surface area contributed by atoms with Gasteiger partial charge in [-0.25, -0.2) is 8.78 Å². The van der Waals surface area contributed by atoms with E-state index in [1.807, 2.05) is 12.1 Å². The van der Waals surface area contributed by atoms with Crippen molar-refractivity contribution in [3.63, 3.8) is 0 Å². The van der Waals surface area contributed by atoms with E-state index < -0.39 is 0 Å². The van der Waals surface area contributed by atoms with E-state index in [0.29, 0.717) is 17.5 Å². The van der Waals surface area contributed by atoms with Gasteiger partial charge in [-0.05, 0) is 49.6 Å². The predicted octanol–water partition coefficient (Wildman–Crippen LogP) is 4.56. The van der Waals surface area contributed by atoms with Crippen LogP contribution < -0.4 is 5.32 Å². The molecule has 0 aliphatic carbocycles. The molecule has 0 saturated carbocycles. The molecule has 0 fully saturated rings. The number of aryl methyl sites for hydroxylation is 1. The molecule has 3 heteroatoms. The van der Waals surface area contributed by atoms with Crippen molar-refractivity contribution in [1.82, 2.24) is 5.32 Å². The van der Waals surface area contributed by atoms with Gasteiger partial charge in [-0.1, -0.05) is 37.3 Å². The largest absolute Gasteiger partial charge is 0.310 e. The van der Waals surface area contributed by atoms with E-state index >= 15 is 0 Å². The fourth-order valence-corrected chi connectivity index (χ4v) is 2.45. The van der Waals surface area contributed by atoms with Crippen molar-refractivity contribution in [3.05, 3.63) is 70.8 Å². The van der Waals surface area contributed by atoms with Gasteiger partial charge in [-0.2, -0.15) is 0 Å². The van der Waals surface area contributed by atoms with Crippen LogP contribution in [0.5, 0.6) is 0 Å². The van der Waals surface area contributed by atoms with Gasteiger partial charge in [0.1, 0.15) is 11.6 Å². The van der Waals surface area contributed by atoms with Crippen LogP contribution in [0.25, 0.3) is 0 Å². The van der Waals surface area contributed by atoms with E-state index in [0.717, 1.165) is 18.5 Å². The Labute approximate surface area is 125 Å². The number of nitrogens with one attached hydrogen (secondary N) is 1. The predicted molar refractivity (Wildman–Crippen MR) is 82.3 cm³/mol. The fourth-order valence-electron chi connectivity index (χ4n) is 2.45. The molecule has 0 saturated heterocycles. The van der Waals surface area contributed by atoms with E-state index in [1.165, 1.54) is 12.1 Å². The summed E-state index contributed by atoms with van der Waals surface area (Å²) in [6.07, 6.45) is 1.53. The molecule has 0 bridgehead atoms. The van der Waals surface area contributed by atoms with E-state index in [-0.39, 0.29) is 17.7 Å². The third kappa shape index (κ3) is 4.11. The van der Waals surface area contributed by atoms with Gasteiger partial charge in [0.05, 0.1) is 0 Å². The highest BCUT2D eigenvalue weighted by Gasteiger charge is 2.17. The Bertz CT molecular complexity index is 596. The highest BCUT2D eigenvalue weighted by atomic mass is 19.1. The van der Waals surface area contributed by atoms with E-state index in [4.69, 9.17) is 0 Å². The highest BCUT2D eigenvalue weighted by molar-refractivity contribution is 5.29. The molecule has 2 aromatic carbocycles. The molecular weight excluding hydrogens is 268 g/mol. The smallest absolute Gasteiger partial charge is 0.130 e. The van der Waals surface area contributed by atoms with Crippen molar-refractivity contribution >= 4 is 0 Å². The molecule has 0 aromatic heterocycles. The zero-order valence-corrected chi connectivity index (χ0v) is 12.5. The van der Waals surface area contributed by atoms with Crippen LogP contribution in [0.3, 0.4) is 0 Å². The molecule has 0 heterocycles. The van der Waals surface area contributed by atoms with E-state index in [1.54, 1.807) is 25.1 Å². The zero-order valence-electron chi connectivity index (χ0n) is 12.5. The zero-order chi connectivity index (χ0) is 15.2. The van der Waals surface area contributed by atoms with Gasteiger partial charge in [-0.15, -0.1) is 0 Å². The lowest BCUT2D eigenvalue weighted by atomic mass is 9.96. The minimum Gasteiger partial charge on any atom is -0.310 e. The van der Waals surface area contributed by atoms with Gasteiger partial charge in [0.2, 0.25) is 0 Å². The summed E-state index contributed by atoms with van der Waals surface area (Å²) < 4.78 is 27.7. The summed E-state index contributed by atoms with van der Waals surface area (Å²) in [4.78, 5) is 0. The summed E-state index contributed by atoms with van der Waals surface area (Å²) in [5, 5.41) is 3.36.